The van der Waals surface area contributed by atoms with Crippen LogP contribution in [-0.4, -0.2) is 51.4 Å². The Morgan fingerprint density at radius 2 is 2.19 bits per heavy atom. The number of nitrogens with zero attached hydrogens (tertiary/aromatic N) is 1. The maximum atomic E-state index is 5.99. The predicted molar refractivity (Wildman–Crippen MR) is 85.7 cm³/mol. The zero-order valence-corrected chi connectivity index (χ0v) is 13.5. The molecule has 118 valence electrons. The first-order valence-corrected chi connectivity index (χ1v) is 7.70. The molecule has 21 heavy (non-hydrogen) atoms. The largest absolute Gasteiger partial charge is 0.496 e. The number of likely N-dealkylation sites (N-methyl/N-ethyl adjacent to an activating group) is 1. The summed E-state index contributed by atoms with van der Waals surface area (Å²) in [6.07, 6.45) is 2.04. The number of nitrogens with two attached hydrogens (primary N) is 1. The Balaban J connectivity index is 1.97. The second-order valence-electron chi connectivity index (χ2n) is 6.29. The fourth-order valence-corrected chi connectivity index (χ4v) is 3.03. The van der Waals surface area contributed by atoms with Gasteiger partial charge in [-0.25, -0.2) is 0 Å². The first-order valence-electron chi connectivity index (χ1n) is 7.70. The van der Waals surface area contributed by atoms with Crippen LogP contribution in [0, 0.1) is 5.41 Å². The van der Waals surface area contributed by atoms with Crippen molar-refractivity contribution in [3.63, 3.8) is 0 Å². The lowest BCUT2D eigenvalue weighted by Gasteiger charge is -2.34. The molecule has 2 rings (SSSR count). The van der Waals surface area contributed by atoms with Crippen molar-refractivity contribution >= 4 is 0 Å². The molecular formula is C17H28N2O2. The highest BCUT2D eigenvalue weighted by Gasteiger charge is 2.35. The summed E-state index contributed by atoms with van der Waals surface area (Å²) in [5.74, 6) is 0.968. The molecule has 1 saturated heterocycles. The highest BCUT2D eigenvalue weighted by Crippen LogP contribution is 2.29. The van der Waals surface area contributed by atoms with Crippen LogP contribution in [-0.2, 0) is 11.2 Å². The molecule has 1 aliphatic rings. The minimum Gasteiger partial charge on any atom is -0.496 e. The van der Waals surface area contributed by atoms with E-state index in [4.69, 9.17) is 15.2 Å². The summed E-state index contributed by atoms with van der Waals surface area (Å²) in [7, 11) is 3.91. The summed E-state index contributed by atoms with van der Waals surface area (Å²) in [6, 6.07) is 8.67. The van der Waals surface area contributed by atoms with Gasteiger partial charge >= 0.3 is 0 Å². The highest BCUT2D eigenvalue weighted by atomic mass is 16.5. The number of rotatable bonds is 7. The standard InChI is InChI=1S/C17H28N2O2/c1-14(10-15-6-4-5-7-16(15)20-3)19(2)12-17(11-18)8-9-21-13-17/h4-7,14H,8-13,18H2,1-3H3. The number of ether oxygens (including phenoxy) is 2. The summed E-state index contributed by atoms with van der Waals surface area (Å²) in [6.45, 7) is 5.56. The molecule has 0 saturated carbocycles. The van der Waals surface area contributed by atoms with Gasteiger partial charge in [-0.05, 0) is 38.4 Å². The lowest BCUT2D eigenvalue weighted by atomic mass is 9.86. The Labute approximate surface area is 128 Å². The third-order valence-electron chi connectivity index (χ3n) is 4.66. The first-order chi connectivity index (χ1) is 10.1. The van der Waals surface area contributed by atoms with Gasteiger partial charge in [0.2, 0.25) is 0 Å². The molecule has 0 spiro atoms. The minimum atomic E-state index is 0.129. The van der Waals surface area contributed by atoms with E-state index < -0.39 is 0 Å². The Hall–Kier alpha value is -1.10. The molecule has 1 aliphatic heterocycles. The van der Waals surface area contributed by atoms with Gasteiger partial charge in [0.25, 0.3) is 0 Å². The molecule has 0 aromatic heterocycles. The van der Waals surface area contributed by atoms with Crippen molar-refractivity contribution in [1.29, 1.82) is 0 Å². The number of benzene rings is 1. The Kier molecular flexibility index (Phi) is 5.62. The average molecular weight is 292 g/mol. The van der Waals surface area contributed by atoms with Crippen molar-refractivity contribution in [1.82, 2.24) is 4.90 Å². The summed E-state index contributed by atoms with van der Waals surface area (Å²) in [5, 5.41) is 0. The smallest absolute Gasteiger partial charge is 0.122 e. The van der Waals surface area contributed by atoms with E-state index in [1.807, 2.05) is 12.1 Å². The average Bonchev–Trinajstić information content (AvgIpc) is 2.96. The number of para-hydroxylation sites is 1. The van der Waals surface area contributed by atoms with Gasteiger partial charge in [0.1, 0.15) is 5.75 Å². The zero-order chi connectivity index (χ0) is 15.3. The van der Waals surface area contributed by atoms with E-state index in [9.17, 15) is 0 Å². The van der Waals surface area contributed by atoms with Crippen molar-refractivity contribution in [3.05, 3.63) is 29.8 Å². The molecule has 2 unspecified atom stereocenters. The summed E-state index contributed by atoms with van der Waals surface area (Å²) >= 11 is 0. The van der Waals surface area contributed by atoms with E-state index in [0.29, 0.717) is 12.6 Å². The van der Waals surface area contributed by atoms with Crippen molar-refractivity contribution in [2.45, 2.75) is 25.8 Å². The Bertz CT molecular complexity index is 444. The maximum Gasteiger partial charge on any atom is 0.122 e. The van der Waals surface area contributed by atoms with Crippen LogP contribution in [0.3, 0.4) is 0 Å². The van der Waals surface area contributed by atoms with Gasteiger partial charge < -0.3 is 20.1 Å². The van der Waals surface area contributed by atoms with E-state index in [2.05, 4.69) is 31.0 Å². The lowest BCUT2D eigenvalue weighted by Crippen LogP contribution is -2.45. The number of hydrogen-bond acceptors (Lipinski definition) is 4. The first kappa shape index (κ1) is 16.3. The highest BCUT2D eigenvalue weighted by molar-refractivity contribution is 5.33. The molecule has 0 amide bonds. The molecule has 0 radical (unpaired) electrons. The SMILES string of the molecule is COc1ccccc1CC(C)N(C)CC1(CN)CCOC1. The van der Waals surface area contributed by atoms with E-state index in [0.717, 1.165) is 38.3 Å². The van der Waals surface area contributed by atoms with Gasteiger partial charge in [-0.15, -0.1) is 0 Å². The molecule has 1 aromatic carbocycles. The third kappa shape index (κ3) is 3.96. The quantitative estimate of drug-likeness (QED) is 0.834. The predicted octanol–water partition coefficient (Wildman–Crippen LogP) is 1.92. The van der Waals surface area contributed by atoms with E-state index in [1.165, 1.54) is 5.56 Å². The summed E-state index contributed by atoms with van der Waals surface area (Å²) in [5.41, 5.74) is 7.37. The van der Waals surface area contributed by atoms with E-state index >= 15 is 0 Å². The van der Waals surface area contributed by atoms with Gasteiger partial charge in [0.05, 0.1) is 13.7 Å². The number of methoxy groups -OCH3 is 1. The van der Waals surface area contributed by atoms with Crippen LogP contribution in [0.4, 0.5) is 0 Å². The third-order valence-corrected chi connectivity index (χ3v) is 4.66. The second-order valence-corrected chi connectivity index (χ2v) is 6.29. The summed E-state index contributed by atoms with van der Waals surface area (Å²) < 4.78 is 11.0. The van der Waals surface area contributed by atoms with Crippen LogP contribution in [0.25, 0.3) is 0 Å². The van der Waals surface area contributed by atoms with E-state index in [1.54, 1.807) is 7.11 Å². The van der Waals surface area contributed by atoms with Gasteiger partial charge in [-0.3, -0.25) is 0 Å². The monoisotopic (exact) mass is 292 g/mol. The van der Waals surface area contributed by atoms with Crippen molar-refractivity contribution < 1.29 is 9.47 Å². The Morgan fingerprint density at radius 1 is 1.43 bits per heavy atom. The summed E-state index contributed by atoms with van der Waals surface area (Å²) in [4.78, 5) is 2.40. The fraction of sp³-hybridized carbons (Fsp3) is 0.647. The van der Waals surface area contributed by atoms with Crippen molar-refractivity contribution in [2.24, 2.45) is 11.1 Å². The second kappa shape index (κ2) is 7.25. The molecule has 1 heterocycles. The van der Waals surface area contributed by atoms with Crippen LogP contribution in [0.2, 0.25) is 0 Å². The molecule has 1 aromatic rings. The molecule has 0 aliphatic carbocycles. The van der Waals surface area contributed by atoms with Crippen LogP contribution in [0.1, 0.15) is 18.9 Å². The molecule has 4 heteroatoms. The molecule has 0 bridgehead atoms. The molecule has 2 N–H and O–H groups in total. The number of hydrogen-bond donors (Lipinski definition) is 1. The van der Waals surface area contributed by atoms with Crippen molar-refractivity contribution in [3.8, 4) is 5.75 Å². The van der Waals surface area contributed by atoms with Gasteiger partial charge in [0, 0.05) is 31.2 Å². The van der Waals surface area contributed by atoms with Gasteiger partial charge in [-0.2, -0.15) is 0 Å². The molecular weight excluding hydrogens is 264 g/mol. The van der Waals surface area contributed by atoms with Crippen LogP contribution >= 0.6 is 0 Å². The maximum absolute atomic E-state index is 5.99. The van der Waals surface area contributed by atoms with Gasteiger partial charge in [-0.1, -0.05) is 18.2 Å². The van der Waals surface area contributed by atoms with E-state index in [-0.39, 0.29) is 5.41 Å². The molecule has 4 nitrogen and oxygen atoms in total. The minimum absolute atomic E-state index is 0.129. The Morgan fingerprint density at radius 3 is 2.81 bits per heavy atom. The topological polar surface area (TPSA) is 47.7 Å². The fourth-order valence-electron chi connectivity index (χ4n) is 3.03. The van der Waals surface area contributed by atoms with Crippen LogP contribution in [0.5, 0.6) is 5.75 Å². The molecule has 1 fully saturated rings. The zero-order valence-electron chi connectivity index (χ0n) is 13.5. The van der Waals surface area contributed by atoms with Crippen molar-refractivity contribution in [2.75, 3.05) is 40.5 Å². The lowest BCUT2D eigenvalue weighted by molar-refractivity contribution is 0.110. The van der Waals surface area contributed by atoms with Crippen LogP contribution < -0.4 is 10.5 Å². The molecule has 2 atom stereocenters. The van der Waals surface area contributed by atoms with Gasteiger partial charge in [0.15, 0.2) is 0 Å². The van der Waals surface area contributed by atoms with Crippen LogP contribution in [0.15, 0.2) is 24.3 Å². The normalized spacial score (nSPS) is 23.5.